The first-order valence-electron chi connectivity index (χ1n) is 10.2. The summed E-state index contributed by atoms with van der Waals surface area (Å²) in [6.45, 7) is 2.77. The molecule has 1 aliphatic rings. The van der Waals surface area contributed by atoms with E-state index in [0.29, 0.717) is 13.0 Å². The topological polar surface area (TPSA) is 92.4 Å². The second-order valence-electron chi connectivity index (χ2n) is 7.69. The number of allylic oxidation sites excluding steroid dienone is 1. The van der Waals surface area contributed by atoms with Gasteiger partial charge >= 0.3 is 11.9 Å². The molecule has 30 heavy (non-hydrogen) atoms. The second kappa shape index (κ2) is 9.89. The van der Waals surface area contributed by atoms with E-state index >= 15 is 0 Å². The van der Waals surface area contributed by atoms with Gasteiger partial charge < -0.3 is 14.8 Å². The Labute approximate surface area is 179 Å². The lowest BCUT2D eigenvalue weighted by Gasteiger charge is -2.32. The zero-order valence-corrected chi connectivity index (χ0v) is 18.0. The molecule has 160 valence electrons. The van der Waals surface area contributed by atoms with Gasteiger partial charge in [0.2, 0.25) is 0 Å². The number of imidazole rings is 1. The lowest BCUT2D eigenvalue weighted by molar-refractivity contribution is -0.137. The van der Waals surface area contributed by atoms with E-state index in [0.717, 1.165) is 36.9 Å². The molecule has 2 aromatic rings. The van der Waals surface area contributed by atoms with Crippen molar-refractivity contribution in [3.63, 3.8) is 0 Å². The number of aromatic nitrogens is 2. The van der Waals surface area contributed by atoms with Crippen LogP contribution in [0.1, 0.15) is 67.1 Å². The van der Waals surface area contributed by atoms with Crippen LogP contribution in [-0.2, 0) is 11.3 Å². The monoisotopic (exact) mass is 428 g/mol. The third-order valence-corrected chi connectivity index (χ3v) is 8.12. The molecule has 7 heteroatoms. The molecule has 1 aromatic heterocycles. The van der Waals surface area contributed by atoms with Crippen molar-refractivity contribution in [1.82, 2.24) is 9.55 Å². The van der Waals surface area contributed by atoms with Crippen LogP contribution in [0.3, 0.4) is 0 Å². The average molecular weight is 429 g/mol. The van der Waals surface area contributed by atoms with Crippen molar-refractivity contribution in [2.75, 3.05) is 0 Å². The summed E-state index contributed by atoms with van der Waals surface area (Å²) in [4.78, 5) is 26.6. The Balaban J connectivity index is 1.84. The highest BCUT2D eigenvalue weighted by Crippen LogP contribution is 2.49. The van der Waals surface area contributed by atoms with Crippen molar-refractivity contribution < 1.29 is 19.8 Å². The first kappa shape index (κ1) is 22.0. The van der Waals surface area contributed by atoms with Crippen LogP contribution in [0.2, 0.25) is 0 Å². The fourth-order valence-electron chi connectivity index (χ4n) is 3.81. The quantitative estimate of drug-likeness (QED) is 0.532. The Morgan fingerprint density at radius 2 is 2.00 bits per heavy atom. The number of nitrogens with zero attached hydrogens (tertiary/aromatic N) is 2. The molecule has 2 atom stereocenters. The van der Waals surface area contributed by atoms with Gasteiger partial charge in [-0.05, 0) is 47.7 Å². The van der Waals surface area contributed by atoms with Crippen molar-refractivity contribution in [3.05, 3.63) is 65.1 Å². The summed E-state index contributed by atoms with van der Waals surface area (Å²) < 4.78 is 2.03. The smallest absolute Gasteiger partial charge is 0.335 e. The summed E-state index contributed by atoms with van der Waals surface area (Å²) in [5.41, 5.74) is 2.28. The highest BCUT2D eigenvalue weighted by Gasteiger charge is 2.34. The molecule has 3 rings (SSSR count). The highest BCUT2D eigenvalue weighted by molar-refractivity contribution is 8.19. The first-order valence-corrected chi connectivity index (χ1v) is 11.6. The van der Waals surface area contributed by atoms with Gasteiger partial charge in [-0.15, -0.1) is 0 Å². The molecule has 2 N–H and O–H groups in total. The van der Waals surface area contributed by atoms with Crippen LogP contribution >= 0.6 is 10.5 Å². The third-order valence-electron chi connectivity index (χ3n) is 5.56. The van der Waals surface area contributed by atoms with Crippen LogP contribution in [0, 0.1) is 0 Å². The van der Waals surface area contributed by atoms with Crippen molar-refractivity contribution >= 4 is 27.8 Å². The summed E-state index contributed by atoms with van der Waals surface area (Å²) in [5, 5.41) is 22.8. The van der Waals surface area contributed by atoms with Crippen LogP contribution in [0.25, 0.3) is 0 Å². The first-order chi connectivity index (χ1) is 14.4. The fraction of sp³-hybridized carbons (Fsp3) is 0.391. The van der Waals surface area contributed by atoms with Crippen molar-refractivity contribution in [2.45, 2.75) is 56.7 Å². The highest BCUT2D eigenvalue weighted by atomic mass is 32.2. The number of hydrogen-bond acceptors (Lipinski definition) is 3. The van der Waals surface area contributed by atoms with E-state index < -0.39 is 11.9 Å². The van der Waals surface area contributed by atoms with Gasteiger partial charge in [0.15, 0.2) is 0 Å². The normalized spacial score (nSPS) is 20.6. The third kappa shape index (κ3) is 5.27. The standard InChI is InChI=1S/C23H28N2O4S/c1-2-3-10-23(12-9-21(26)27)11-4-13-30(23)16-20-14-24-17-25(20)15-18-5-7-19(8-6-18)22(28)29/h4-8,13-14,16-17H,2-3,9-12,15H2,1H3,(H,26,27)(H,28,29). The van der Waals surface area contributed by atoms with Crippen LogP contribution in [-0.4, -0.2) is 41.8 Å². The van der Waals surface area contributed by atoms with Crippen LogP contribution in [0.5, 0.6) is 0 Å². The van der Waals surface area contributed by atoms with Gasteiger partial charge in [0.25, 0.3) is 0 Å². The summed E-state index contributed by atoms with van der Waals surface area (Å²) in [7, 11) is -0.157. The Hall–Kier alpha value is -2.67. The second-order valence-corrected chi connectivity index (χ2v) is 9.81. The van der Waals surface area contributed by atoms with Gasteiger partial charge in [0, 0.05) is 17.7 Å². The van der Waals surface area contributed by atoms with Crippen molar-refractivity contribution in [3.8, 4) is 0 Å². The summed E-state index contributed by atoms with van der Waals surface area (Å²) in [5.74, 6) is -1.67. The van der Waals surface area contributed by atoms with Gasteiger partial charge in [-0.3, -0.25) is 4.79 Å². The molecule has 1 aromatic carbocycles. The minimum Gasteiger partial charge on any atom is -0.481 e. The molecule has 0 bridgehead atoms. The summed E-state index contributed by atoms with van der Waals surface area (Å²) in [6, 6.07) is 6.87. The molecule has 0 aliphatic carbocycles. The number of hydrogen-bond donors (Lipinski definition) is 2. The maximum atomic E-state index is 11.2. The molecule has 0 saturated heterocycles. The largest absolute Gasteiger partial charge is 0.481 e. The maximum absolute atomic E-state index is 11.2. The lowest BCUT2D eigenvalue weighted by Crippen LogP contribution is -2.25. The molecular weight excluding hydrogens is 400 g/mol. The molecule has 0 saturated carbocycles. The number of aromatic carboxylic acids is 1. The van der Waals surface area contributed by atoms with E-state index in [1.807, 2.05) is 18.3 Å². The molecular formula is C23H28N2O4S. The van der Waals surface area contributed by atoms with Gasteiger partial charge in [-0.2, -0.15) is 10.5 Å². The number of carboxylic acids is 2. The number of carboxylic acid groups (broad SMARTS) is 2. The van der Waals surface area contributed by atoms with E-state index in [9.17, 15) is 14.7 Å². The van der Waals surface area contributed by atoms with E-state index in [1.54, 1.807) is 18.5 Å². The van der Waals surface area contributed by atoms with Gasteiger partial charge in [-0.25, -0.2) is 9.78 Å². The Morgan fingerprint density at radius 1 is 1.23 bits per heavy atom. The number of carbonyl (C=O) groups is 2. The Morgan fingerprint density at radius 3 is 2.67 bits per heavy atom. The Kier molecular flexibility index (Phi) is 7.26. The van der Waals surface area contributed by atoms with Crippen molar-refractivity contribution in [2.24, 2.45) is 0 Å². The Bertz CT molecular complexity index is 962. The lowest BCUT2D eigenvalue weighted by atomic mass is 9.92. The number of unbranched alkanes of at least 4 members (excludes halogenated alkanes) is 1. The molecule has 6 nitrogen and oxygen atoms in total. The van der Waals surface area contributed by atoms with Crippen molar-refractivity contribution in [1.29, 1.82) is 0 Å². The molecule has 2 heterocycles. The minimum atomic E-state index is -0.933. The average Bonchev–Trinajstić information content (AvgIpc) is 3.33. The van der Waals surface area contributed by atoms with E-state index in [-0.39, 0.29) is 27.2 Å². The number of rotatable bonds is 10. The summed E-state index contributed by atoms with van der Waals surface area (Å²) in [6.07, 6.45) is 10.8. The van der Waals surface area contributed by atoms with E-state index in [1.165, 1.54) is 0 Å². The van der Waals surface area contributed by atoms with Gasteiger partial charge in [-0.1, -0.05) is 38.0 Å². The van der Waals surface area contributed by atoms with Crippen LogP contribution in [0.15, 0.2) is 48.3 Å². The molecule has 2 unspecified atom stereocenters. The zero-order chi connectivity index (χ0) is 21.6. The van der Waals surface area contributed by atoms with E-state index in [4.69, 9.17) is 5.11 Å². The predicted octanol–water partition coefficient (Wildman–Crippen LogP) is 4.76. The predicted molar refractivity (Wildman–Crippen MR) is 120 cm³/mol. The number of aliphatic carboxylic acids is 1. The fourth-order valence-corrected chi connectivity index (χ4v) is 6.19. The van der Waals surface area contributed by atoms with Gasteiger partial charge in [0.05, 0.1) is 23.8 Å². The zero-order valence-electron chi connectivity index (χ0n) is 17.2. The molecule has 0 amide bonds. The molecule has 0 fully saturated rings. The maximum Gasteiger partial charge on any atom is 0.335 e. The van der Waals surface area contributed by atoms with E-state index in [2.05, 4.69) is 33.3 Å². The molecule has 0 spiro atoms. The van der Waals surface area contributed by atoms with Crippen LogP contribution < -0.4 is 0 Å². The molecule has 1 aliphatic heterocycles. The summed E-state index contributed by atoms with van der Waals surface area (Å²) >= 11 is 0. The molecule has 0 radical (unpaired) electrons. The number of benzene rings is 1. The SMILES string of the molecule is CCCCC1(CCC(=O)O)CC=CS1=Cc1cncn1Cc1ccc(C(=O)O)cc1. The minimum absolute atomic E-state index is 0.0212. The van der Waals surface area contributed by atoms with Crippen LogP contribution in [0.4, 0.5) is 0 Å². The van der Waals surface area contributed by atoms with Gasteiger partial charge in [0.1, 0.15) is 0 Å².